The van der Waals surface area contributed by atoms with Gasteiger partial charge in [0.2, 0.25) is 0 Å². The van der Waals surface area contributed by atoms with E-state index in [-0.39, 0.29) is 11.7 Å². The number of para-hydroxylation sites is 1. The lowest BCUT2D eigenvalue weighted by molar-refractivity contribution is 0.222. The van der Waals surface area contributed by atoms with Crippen molar-refractivity contribution in [3.63, 3.8) is 0 Å². The van der Waals surface area contributed by atoms with Crippen molar-refractivity contribution in [2.75, 3.05) is 18.4 Å². The molecule has 1 aliphatic heterocycles. The SMILES string of the molecule is O=C(Nc1c(F)cccc1Br)N1CCCC1. The molecule has 1 saturated heterocycles. The summed E-state index contributed by atoms with van der Waals surface area (Å²) in [5.41, 5.74) is 0.208. The van der Waals surface area contributed by atoms with Crippen LogP contribution in [0.15, 0.2) is 22.7 Å². The highest BCUT2D eigenvalue weighted by atomic mass is 79.9. The zero-order valence-corrected chi connectivity index (χ0v) is 10.3. The summed E-state index contributed by atoms with van der Waals surface area (Å²) in [6.45, 7) is 1.50. The molecule has 1 aliphatic rings. The van der Waals surface area contributed by atoms with Gasteiger partial charge in [-0.05, 0) is 40.9 Å². The molecular formula is C11H12BrFN2O. The van der Waals surface area contributed by atoms with Crippen LogP contribution < -0.4 is 5.32 Å². The number of hydrogen-bond acceptors (Lipinski definition) is 1. The fraction of sp³-hybridized carbons (Fsp3) is 0.364. The summed E-state index contributed by atoms with van der Waals surface area (Å²) >= 11 is 3.21. The zero-order valence-electron chi connectivity index (χ0n) is 8.67. The van der Waals surface area contributed by atoms with Crippen molar-refractivity contribution >= 4 is 27.6 Å². The summed E-state index contributed by atoms with van der Waals surface area (Å²) in [5, 5.41) is 2.59. The Balaban J connectivity index is 2.11. The number of carbonyl (C=O) groups excluding carboxylic acids is 1. The molecule has 1 aromatic carbocycles. The van der Waals surface area contributed by atoms with Crippen LogP contribution in [0.5, 0.6) is 0 Å². The van der Waals surface area contributed by atoms with Gasteiger partial charge in [0, 0.05) is 17.6 Å². The van der Waals surface area contributed by atoms with Gasteiger partial charge in [-0.2, -0.15) is 0 Å². The van der Waals surface area contributed by atoms with E-state index in [0.29, 0.717) is 4.47 Å². The lowest BCUT2D eigenvalue weighted by Crippen LogP contribution is -2.32. The molecular weight excluding hydrogens is 275 g/mol. The Morgan fingerprint density at radius 1 is 1.38 bits per heavy atom. The average molecular weight is 287 g/mol. The van der Waals surface area contributed by atoms with Crippen LogP contribution in [-0.2, 0) is 0 Å². The lowest BCUT2D eigenvalue weighted by atomic mass is 10.3. The number of nitrogens with one attached hydrogen (secondary N) is 1. The number of likely N-dealkylation sites (tertiary alicyclic amines) is 1. The summed E-state index contributed by atoms with van der Waals surface area (Å²) in [6.07, 6.45) is 2.04. The first-order valence-electron chi connectivity index (χ1n) is 5.18. The third-order valence-electron chi connectivity index (χ3n) is 2.59. The Morgan fingerprint density at radius 2 is 2.06 bits per heavy atom. The van der Waals surface area contributed by atoms with Gasteiger partial charge in [0.15, 0.2) is 0 Å². The quantitative estimate of drug-likeness (QED) is 0.845. The molecule has 0 bridgehead atoms. The number of anilines is 1. The summed E-state index contributed by atoms with van der Waals surface area (Å²) in [6, 6.07) is 4.38. The van der Waals surface area contributed by atoms with Crippen LogP contribution in [0, 0.1) is 5.82 Å². The number of rotatable bonds is 1. The van der Waals surface area contributed by atoms with Crippen LogP contribution in [0.1, 0.15) is 12.8 Å². The molecule has 0 spiro atoms. The normalized spacial score (nSPS) is 15.2. The number of halogens is 2. The van der Waals surface area contributed by atoms with E-state index in [1.54, 1.807) is 17.0 Å². The average Bonchev–Trinajstić information content (AvgIpc) is 2.76. The van der Waals surface area contributed by atoms with E-state index >= 15 is 0 Å². The maximum atomic E-state index is 13.4. The molecule has 0 saturated carbocycles. The fourth-order valence-corrected chi connectivity index (χ4v) is 2.16. The largest absolute Gasteiger partial charge is 0.325 e. The van der Waals surface area contributed by atoms with Crippen molar-refractivity contribution in [2.45, 2.75) is 12.8 Å². The van der Waals surface area contributed by atoms with Crippen molar-refractivity contribution < 1.29 is 9.18 Å². The molecule has 1 heterocycles. The van der Waals surface area contributed by atoms with E-state index in [1.807, 2.05) is 0 Å². The first-order valence-corrected chi connectivity index (χ1v) is 5.98. The molecule has 2 rings (SSSR count). The highest BCUT2D eigenvalue weighted by molar-refractivity contribution is 9.10. The van der Waals surface area contributed by atoms with Crippen molar-refractivity contribution in [2.24, 2.45) is 0 Å². The van der Waals surface area contributed by atoms with Crippen LogP contribution in [-0.4, -0.2) is 24.0 Å². The predicted molar refractivity (Wildman–Crippen MR) is 63.9 cm³/mol. The molecule has 1 N–H and O–H groups in total. The Hall–Kier alpha value is -1.10. The van der Waals surface area contributed by atoms with Gasteiger partial charge in [-0.25, -0.2) is 9.18 Å². The van der Waals surface area contributed by atoms with Gasteiger partial charge in [0.1, 0.15) is 5.82 Å². The van der Waals surface area contributed by atoms with E-state index in [1.165, 1.54) is 6.07 Å². The van der Waals surface area contributed by atoms with Gasteiger partial charge in [-0.1, -0.05) is 6.07 Å². The zero-order chi connectivity index (χ0) is 11.5. The number of nitrogens with zero attached hydrogens (tertiary/aromatic N) is 1. The van der Waals surface area contributed by atoms with Gasteiger partial charge < -0.3 is 10.2 Å². The third-order valence-corrected chi connectivity index (χ3v) is 3.25. The molecule has 2 amide bonds. The predicted octanol–water partition coefficient (Wildman–Crippen LogP) is 3.22. The minimum atomic E-state index is -0.429. The maximum Gasteiger partial charge on any atom is 0.321 e. The van der Waals surface area contributed by atoms with Crippen molar-refractivity contribution in [1.82, 2.24) is 4.90 Å². The van der Waals surface area contributed by atoms with Crippen LogP contribution in [0.3, 0.4) is 0 Å². The van der Waals surface area contributed by atoms with E-state index in [0.717, 1.165) is 25.9 Å². The Labute approximate surface area is 102 Å². The summed E-state index contributed by atoms with van der Waals surface area (Å²) in [4.78, 5) is 13.4. The molecule has 0 radical (unpaired) electrons. The minimum Gasteiger partial charge on any atom is -0.325 e. The molecule has 1 fully saturated rings. The topological polar surface area (TPSA) is 32.3 Å². The Kier molecular flexibility index (Phi) is 3.43. The first-order chi connectivity index (χ1) is 7.68. The molecule has 0 aliphatic carbocycles. The standard InChI is InChI=1S/C11H12BrFN2O/c12-8-4-3-5-9(13)10(8)14-11(16)15-6-1-2-7-15/h3-5H,1-2,6-7H2,(H,14,16). The molecule has 0 aromatic heterocycles. The number of carbonyl (C=O) groups is 1. The number of benzene rings is 1. The molecule has 86 valence electrons. The molecule has 1 aromatic rings. The number of urea groups is 1. The molecule has 0 unspecified atom stereocenters. The van der Waals surface area contributed by atoms with E-state index in [2.05, 4.69) is 21.2 Å². The summed E-state index contributed by atoms with van der Waals surface area (Å²) in [7, 11) is 0. The molecule has 3 nitrogen and oxygen atoms in total. The van der Waals surface area contributed by atoms with Crippen LogP contribution >= 0.6 is 15.9 Å². The van der Waals surface area contributed by atoms with Crippen LogP contribution in [0.25, 0.3) is 0 Å². The highest BCUT2D eigenvalue weighted by Gasteiger charge is 2.19. The van der Waals surface area contributed by atoms with Crippen LogP contribution in [0.2, 0.25) is 0 Å². The molecule has 0 atom stereocenters. The summed E-state index contributed by atoms with van der Waals surface area (Å²) in [5.74, 6) is -0.429. The van der Waals surface area contributed by atoms with E-state index in [4.69, 9.17) is 0 Å². The Bertz CT molecular complexity index is 385. The smallest absolute Gasteiger partial charge is 0.321 e. The Morgan fingerprint density at radius 3 is 2.69 bits per heavy atom. The maximum absolute atomic E-state index is 13.4. The highest BCUT2D eigenvalue weighted by Crippen LogP contribution is 2.25. The first kappa shape index (κ1) is 11.4. The van der Waals surface area contributed by atoms with Gasteiger partial charge >= 0.3 is 6.03 Å². The fourth-order valence-electron chi connectivity index (χ4n) is 1.72. The van der Waals surface area contributed by atoms with E-state index in [9.17, 15) is 9.18 Å². The number of hydrogen-bond donors (Lipinski definition) is 1. The molecule has 5 heteroatoms. The second kappa shape index (κ2) is 4.82. The molecule has 16 heavy (non-hydrogen) atoms. The number of amides is 2. The van der Waals surface area contributed by atoms with Crippen molar-refractivity contribution in [3.8, 4) is 0 Å². The van der Waals surface area contributed by atoms with Gasteiger partial charge in [-0.3, -0.25) is 0 Å². The van der Waals surface area contributed by atoms with Crippen LogP contribution in [0.4, 0.5) is 14.9 Å². The minimum absolute atomic E-state index is 0.208. The van der Waals surface area contributed by atoms with Gasteiger partial charge in [0.25, 0.3) is 0 Å². The van der Waals surface area contributed by atoms with Gasteiger partial charge in [-0.15, -0.1) is 0 Å². The second-order valence-corrected chi connectivity index (χ2v) is 4.58. The van der Waals surface area contributed by atoms with E-state index < -0.39 is 5.82 Å². The van der Waals surface area contributed by atoms with Crippen molar-refractivity contribution in [3.05, 3.63) is 28.5 Å². The van der Waals surface area contributed by atoms with Gasteiger partial charge in [0.05, 0.1) is 5.69 Å². The monoisotopic (exact) mass is 286 g/mol. The third kappa shape index (κ3) is 2.35. The van der Waals surface area contributed by atoms with Crippen molar-refractivity contribution in [1.29, 1.82) is 0 Å². The lowest BCUT2D eigenvalue weighted by Gasteiger charge is -2.17. The summed E-state index contributed by atoms with van der Waals surface area (Å²) < 4.78 is 14.0. The second-order valence-electron chi connectivity index (χ2n) is 3.72.